The first-order valence-electron chi connectivity index (χ1n) is 8.98. The van der Waals surface area contributed by atoms with Gasteiger partial charge in [0.15, 0.2) is 9.84 Å². The SMILES string of the molecule is CS(=O)(=O)C(Oc1cc(F)cc(Nc2ccc(I)cc2F)c1C(N)=O)C1CCNC1. The van der Waals surface area contributed by atoms with Gasteiger partial charge in [0, 0.05) is 28.4 Å². The van der Waals surface area contributed by atoms with Gasteiger partial charge in [-0.2, -0.15) is 0 Å². The molecule has 0 aromatic heterocycles. The normalized spacial score (nSPS) is 17.5. The Morgan fingerprint density at radius 2 is 2.03 bits per heavy atom. The zero-order valence-electron chi connectivity index (χ0n) is 15.9. The molecule has 0 bridgehead atoms. The third kappa shape index (κ3) is 5.19. The molecule has 7 nitrogen and oxygen atoms in total. The van der Waals surface area contributed by atoms with Crippen molar-refractivity contribution < 1.29 is 26.7 Å². The molecule has 1 amide bonds. The van der Waals surface area contributed by atoms with Gasteiger partial charge in [-0.05, 0) is 59.8 Å². The van der Waals surface area contributed by atoms with Crippen molar-refractivity contribution in [2.75, 3.05) is 24.7 Å². The molecular formula is C19H20F2IN3O4S. The third-order valence-electron chi connectivity index (χ3n) is 4.66. The van der Waals surface area contributed by atoms with E-state index in [9.17, 15) is 22.0 Å². The molecule has 162 valence electrons. The van der Waals surface area contributed by atoms with Crippen LogP contribution in [0.25, 0.3) is 0 Å². The number of carbonyl (C=O) groups excluding carboxylic acids is 1. The van der Waals surface area contributed by atoms with Crippen molar-refractivity contribution in [1.29, 1.82) is 0 Å². The van der Waals surface area contributed by atoms with E-state index < -0.39 is 32.8 Å². The summed E-state index contributed by atoms with van der Waals surface area (Å²) in [6.45, 7) is 1.02. The first-order chi connectivity index (χ1) is 14.1. The molecule has 1 heterocycles. The average molecular weight is 551 g/mol. The summed E-state index contributed by atoms with van der Waals surface area (Å²) in [7, 11) is -3.70. The lowest BCUT2D eigenvalue weighted by atomic mass is 10.1. The Bertz CT molecular complexity index is 1080. The van der Waals surface area contributed by atoms with Gasteiger partial charge >= 0.3 is 0 Å². The molecule has 11 heteroatoms. The van der Waals surface area contributed by atoms with Gasteiger partial charge in [0.2, 0.25) is 5.44 Å². The molecule has 0 saturated carbocycles. The number of nitrogens with two attached hydrogens (primary N) is 1. The van der Waals surface area contributed by atoms with E-state index in [1.807, 2.05) is 22.6 Å². The zero-order chi connectivity index (χ0) is 22.1. The Kier molecular flexibility index (Phi) is 6.82. The van der Waals surface area contributed by atoms with Crippen molar-refractivity contribution >= 4 is 49.7 Å². The van der Waals surface area contributed by atoms with Gasteiger partial charge in [-0.15, -0.1) is 0 Å². The quantitative estimate of drug-likeness (QED) is 0.457. The number of carbonyl (C=O) groups is 1. The second-order valence-electron chi connectivity index (χ2n) is 7.01. The summed E-state index contributed by atoms with van der Waals surface area (Å²) in [4.78, 5) is 12.2. The summed E-state index contributed by atoms with van der Waals surface area (Å²) >= 11 is 1.94. The van der Waals surface area contributed by atoms with E-state index in [0.29, 0.717) is 23.1 Å². The Hall–Kier alpha value is -1.99. The fourth-order valence-electron chi connectivity index (χ4n) is 3.33. The molecular weight excluding hydrogens is 531 g/mol. The highest BCUT2D eigenvalue weighted by molar-refractivity contribution is 14.1. The highest BCUT2D eigenvalue weighted by Crippen LogP contribution is 2.34. The van der Waals surface area contributed by atoms with Gasteiger partial charge in [0.1, 0.15) is 22.9 Å². The number of ether oxygens (including phenoxy) is 1. The summed E-state index contributed by atoms with van der Waals surface area (Å²) in [6, 6.07) is 6.18. The number of hydrogen-bond donors (Lipinski definition) is 3. The van der Waals surface area contributed by atoms with Crippen LogP contribution in [0.3, 0.4) is 0 Å². The summed E-state index contributed by atoms with van der Waals surface area (Å²) in [6.07, 6.45) is 1.55. The highest BCUT2D eigenvalue weighted by Gasteiger charge is 2.35. The van der Waals surface area contributed by atoms with Crippen LogP contribution < -0.4 is 21.1 Å². The Balaban J connectivity index is 2.05. The Morgan fingerprint density at radius 3 is 2.60 bits per heavy atom. The standard InChI is InChI=1S/C19H20F2IN3O4S/c1-30(27,28)19(10-4-5-24-9-10)29-16-7-11(20)6-15(17(16)18(23)26)25-14-3-2-12(22)8-13(14)21/h2-3,6-8,10,19,24-25H,4-5,9H2,1H3,(H2,23,26). The number of rotatable bonds is 7. The number of anilines is 2. The fraction of sp³-hybridized carbons (Fsp3) is 0.316. The van der Waals surface area contributed by atoms with E-state index in [4.69, 9.17) is 10.5 Å². The molecule has 0 radical (unpaired) electrons. The first-order valence-corrected chi connectivity index (χ1v) is 12.0. The maximum absolute atomic E-state index is 14.3. The predicted molar refractivity (Wildman–Crippen MR) is 118 cm³/mol. The van der Waals surface area contributed by atoms with Crippen molar-refractivity contribution in [3.8, 4) is 5.75 Å². The number of nitrogens with one attached hydrogen (secondary N) is 2. The van der Waals surface area contributed by atoms with Gasteiger partial charge in [-0.25, -0.2) is 17.2 Å². The van der Waals surface area contributed by atoms with E-state index in [1.165, 1.54) is 12.1 Å². The summed E-state index contributed by atoms with van der Waals surface area (Å²) in [5.74, 6) is -3.10. The lowest BCUT2D eigenvalue weighted by Gasteiger charge is -2.24. The van der Waals surface area contributed by atoms with Crippen LogP contribution in [0, 0.1) is 21.1 Å². The molecule has 30 heavy (non-hydrogen) atoms. The highest BCUT2D eigenvalue weighted by atomic mass is 127. The minimum Gasteiger partial charge on any atom is -0.473 e. The average Bonchev–Trinajstić information content (AvgIpc) is 3.14. The molecule has 0 aliphatic carbocycles. The summed E-state index contributed by atoms with van der Waals surface area (Å²) < 4.78 is 59.5. The second-order valence-corrected chi connectivity index (χ2v) is 10.4. The largest absolute Gasteiger partial charge is 0.473 e. The van der Waals surface area contributed by atoms with Gasteiger partial charge in [-0.1, -0.05) is 0 Å². The maximum Gasteiger partial charge on any atom is 0.254 e. The van der Waals surface area contributed by atoms with Crippen molar-refractivity contribution in [2.45, 2.75) is 11.9 Å². The lowest BCUT2D eigenvalue weighted by Crippen LogP contribution is -2.36. The molecule has 1 saturated heterocycles. The van der Waals surface area contributed by atoms with Crippen molar-refractivity contribution in [2.24, 2.45) is 11.7 Å². The number of sulfone groups is 1. The minimum atomic E-state index is -3.70. The fourth-order valence-corrected chi connectivity index (χ4v) is 4.99. The van der Waals surface area contributed by atoms with E-state index in [0.717, 1.165) is 18.4 Å². The monoisotopic (exact) mass is 551 g/mol. The van der Waals surface area contributed by atoms with Crippen LogP contribution in [0.2, 0.25) is 0 Å². The molecule has 3 rings (SSSR count). The summed E-state index contributed by atoms with van der Waals surface area (Å²) in [5.41, 5.74) is 3.78. The van der Waals surface area contributed by atoms with Crippen LogP contribution >= 0.6 is 22.6 Å². The third-order valence-corrected chi connectivity index (χ3v) is 6.66. The van der Waals surface area contributed by atoms with Gasteiger partial charge in [0.05, 0.1) is 11.4 Å². The van der Waals surface area contributed by atoms with Gasteiger partial charge < -0.3 is 21.1 Å². The number of amides is 1. The minimum absolute atomic E-state index is 0.00544. The van der Waals surface area contributed by atoms with Crippen LogP contribution in [-0.2, 0) is 9.84 Å². The number of primary amides is 1. The molecule has 1 aliphatic heterocycles. The smallest absolute Gasteiger partial charge is 0.254 e. The topological polar surface area (TPSA) is 111 Å². The van der Waals surface area contributed by atoms with E-state index in [1.54, 1.807) is 6.07 Å². The number of halogens is 3. The lowest BCUT2D eigenvalue weighted by molar-refractivity contribution is 0.0994. The molecule has 2 aromatic carbocycles. The van der Waals surface area contributed by atoms with Crippen LogP contribution in [0.1, 0.15) is 16.8 Å². The second kappa shape index (κ2) is 9.02. The molecule has 1 aliphatic rings. The molecule has 0 spiro atoms. The molecule has 2 atom stereocenters. The maximum atomic E-state index is 14.3. The molecule has 2 unspecified atom stereocenters. The predicted octanol–water partition coefficient (Wildman–Crippen LogP) is 2.77. The Morgan fingerprint density at radius 1 is 1.30 bits per heavy atom. The molecule has 2 aromatic rings. The number of hydrogen-bond acceptors (Lipinski definition) is 6. The number of benzene rings is 2. The summed E-state index contributed by atoms with van der Waals surface area (Å²) in [5, 5.41) is 5.70. The van der Waals surface area contributed by atoms with Crippen LogP contribution in [0.5, 0.6) is 5.75 Å². The van der Waals surface area contributed by atoms with Gasteiger partial charge in [0.25, 0.3) is 5.91 Å². The van der Waals surface area contributed by atoms with Crippen LogP contribution in [0.15, 0.2) is 30.3 Å². The van der Waals surface area contributed by atoms with E-state index >= 15 is 0 Å². The molecule has 1 fully saturated rings. The van der Waals surface area contributed by atoms with E-state index in [2.05, 4.69) is 10.6 Å². The van der Waals surface area contributed by atoms with E-state index in [-0.39, 0.29) is 28.6 Å². The Labute approximate surface area is 186 Å². The van der Waals surface area contributed by atoms with Crippen molar-refractivity contribution in [3.05, 3.63) is 51.1 Å². The van der Waals surface area contributed by atoms with Crippen molar-refractivity contribution in [3.63, 3.8) is 0 Å². The zero-order valence-corrected chi connectivity index (χ0v) is 18.9. The van der Waals surface area contributed by atoms with Gasteiger partial charge in [-0.3, -0.25) is 4.79 Å². The van der Waals surface area contributed by atoms with Crippen LogP contribution in [0.4, 0.5) is 20.2 Å². The molecule has 4 N–H and O–H groups in total. The van der Waals surface area contributed by atoms with Crippen molar-refractivity contribution in [1.82, 2.24) is 5.32 Å². The first kappa shape index (κ1) is 22.7. The van der Waals surface area contributed by atoms with Crippen LogP contribution in [-0.4, -0.2) is 39.1 Å².